The Morgan fingerprint density at radius 2 is 1.77 bits per heavy atom. The number of amides is 1. The van der Waals surface area contributed by atoms with Crippen molar-refractivity contribution in [3.05, 3.63) is 83.7 Å². The van der Waals surface area contributed by atoms with Gasteiger partial charge in [-0.05, 0) is 35.7 Å². The van der Waals surface area contributed by atoms with Gasteiger partial charge < -0.3 is 10.6 Å². The number of quaternary nitrogens is 1. The Morgan fingerprint density at radius 3 is 2.62 bits per heavy atom. The summed E-state index contributed by atoms with van der Waals surface area (Å²) in [6, 6.07) is 21.4. The second-order valence-electron chi connectivity index (χ2n) is 6.49. The molecule has 0 heterocycles. The molecule has 3 rings (SSSR count). The van der Waals surface area contributed by atoms with E-state index in [1.54, 1.807) is 18.2 Å². The van der Waals surface area contributed by atoms with Crippen LogP contribution >= 0.6 is 0 Å². The van der Waals surface area contributed by atoms with Crippen LogP contribution in [0.5, 0.6) is 0 Å². The van der Waals surface area contributed by atoms with Crippen LogP contribution in [0.1, 0.15) is 24.1 Å². The lowest BCUT2D eigenvalue weighted by molar-refractivity contribution is -0.682. The summed E-state index contributed by atoms with van der Waals surface area (Å²) in [5.74, 6) is -0.258. The zero-order valence-corrected chi connectivity index (χ0v) is 14.9. The molecule has 1 amide bonds. The minimum atomic E-state index is -0.224. The van der Waals surface area contributed by atoms with Gasteiger partial charge in [0.2, 0.25) is 0 Å². The zero-order valence-electron chi connectivity index (χ0n) is 14.9. The molecule has 0 aliphatic carbocycles. The van der Waals surface area contributed by atoms with Gasteiger partial charge in [0.1, 0.15) is 11.9 Å². The number of hydrogen-bond acceptors (Lipinski definition) is 1. The molecular weight excluding hydrogens is 327 g/mol. The average Bonchev–Trinajstić information content (AvgIpc) is 2.67. The standard InChI is InChI=1S/C22H23FN2O/c1-16(19-11-6-9-17-7-2-4-10-20(17)19)25-15-22(26)24-14-13-18-8-3-5-12-21(18)23/h2-12,16,25H,13-15H2,1H3,(H,24,26)/p+1/t16-/m0/s1. The van der Waals surface area contributed by atoms with Gasteiger partial charge in [-0.25, -0.2) is 4.39 Å². The van der Waals surface area contributed by atoms with Gasteiger partial charge in [-0.15, -0.1) is 0 Å². The molecule has 0 aliphatic rings. The van der Waals surface area contributed by atoms with Gasteiger partial charge in [0.25, 0.3) is 5.91 Å². The van der Waals surface area contributed by atoms with Crippen molar-refractivity contribution in [2.75, 3.05) is 13.1 Å². The van der Waals surface area contributed by atoms with Crippen LogP contribution < -0.4 is 10.6 Å². The van der Waals surface area contributed by atoms with E-state index in [4.69, 9.17) is 0 Å². The van der Waals surface area contributed by atoms with E-state index < -0.39 is 0 Å². The van der Waals surface area contributed by atoms with Crippen molar-refractivity contribution >= 4 is 16.7 Å². The van der Waals surface area contributed by atoms with Gasteiger partial charge in [0, 0.05) is 12.1 Å². The largest absolute Gasteiger partial charge is 0.351 e. The molecule has 26 heavy (non-hydrogen) atoms. The van der Waals surface area contributed by atoms with Gasteiger partial charge >= 0.3 is 0 Å². The molecule has 3 aromatic rings. The van der Waals surface area contributed by atoms with Gasteiger partial charge in [0.15, 0.2) is 6.54 Å². The van der Waals surface area contributed by atoms with Crippen LogP contribution in [0, 0.1) is 5.82 Å². The lowest BCUT2D eigenvalue weighted by atomic mass is 10.00. The van der Waals surface area contributed by atoms with E-state index in [9.17, 15) is 9.18 Å². The number of benzene rings is 3. The van der Waals surface area contributed by atoms with Crippen molar-refractivity contribution in [1.29, 1.82) is 0 Å². The van der Waals surface area contributed by atoms with Gasteiger partial charge in [-0.1, -0.05) is 60.7 Å². The van der Waals surface area contributed by atoms with E-state index in [1.807, 2.05) is 17.4 Å². The molecule has 134 valence electrons. The van der Waals surface area contributed by atoms with E-state index in [0.29, 0.717) is 25.1 Å². The second-order valence-corrected chi connectivity index (χ2v) is 6.49. The molecule has 3 aromatic carbocycles. The van der Waals surface area contributed by atoms with Crippen LogP contribution in [0.25, 0.3) is 10.8 Å². The Balaban J connectivity index is 1.50. The highest BCUT2D eigenvalue weighted by Gasteiger charge is 2.14. The topological polar surface area (TPSA) is 45.7 Å². The number of nitrogens with two attached hydrogens (primary N) is 1. The molecule has 0 saturated carbocycles. The van der Waals surface area contributed by atoms with Crippen molar-refractivity contribution in [2.24, 2.45) is 0 Å². The van der Waals surface area contributed by atoms with Crippen molar-refractivity contribution in [3.63, 3.8) is 0 Å². The van der Waals surface area contributed by atoms with E-state index >= 15 is 0 Å². The van der Waals surface area contributed by atoms with Gasteiger partial charge in [-0.3, -0.25) is 4.79 Å². The third-order valence-electron chi connectivity index (χ3n) is 4.65. The summed E-state index contributed by atoms with van der Waals surface area (Å²) in [5.41, 5.74) is 1.85. The van der Waals surface area contributed by atoms with Crippen LogP contribution in [0.4, 0.5) is 4.39 Å². The predicted molar refractivity (Wildman–Crippen MR) is 102 cm³/mol. The number of carbonyl (C=O) groups is 1. The first-order valence-corrected chi connectivity index (χ1v) is 8.96. The first-order chi connectivity index (χ1) is 12.6. The van der Waals surface area contributed by atoms with E-state index in [0.717, 1.165) is 0 Å². The number of rotatable bonds is 7. The van der Waals surface area contributed by atoms with Crippen LogP contribution in [-0.2, 0) is 11.2 Å². The zero-order chi connectivity index (χ0) is 18.4. The van der Waals surface area contributed by atoms with Crippen LogP contribution in [-0.4, -0.2) is 19.0 Å². The fourth-order valence-electron chi connectivity index (χ4n) is 3.17. The molecule has 1 atom stereocenters. The van der Waals surface area contributed by atoms with Crippen molar-refractivity contribution in [2.45, 2.75) is 19.4 Å². The van der Waals surface area contributed by atoms with E-state index in [2.05, 4.69) is 42.6 Å². The monoisotopic (exact) mass is 351 g/mol. The molecule has 0 unspecified atom stereocenters. The van der Waals surface area contributed by atoms with Gasteiger partial charge in [0.05, 0.1) is 0 Å². The molecule has 3 nitrogen and oxygen atoms in total. The van der Waals surface area contributed by atoms with Crippen LogP contribution in [0.3, 0.4) is 0 Å². The third kappa shape index (κ3) is 4.46. The number of fused-ring (bicyclic) bond motifs is 1. The number of halogens is 1. The molecule has 0 fully saturated rings. The maximum absolute atomic E-state index is 13.6. The summed E-state index contributed by atoms with van der Waals surface area (Å²) >= 11 is 0. The molecule has 3 N–H and O–H groups in total. The minimum absolute atomic E-state index is 0.0339. The fourth-order valence-corrected chi connectivity index (χ4v) is 3.17. The number of nitrogens with one attached hydrogen (secondary N) is 1. The summed E-state index contributed by atoms with van der Waals surface area (Å²) in [6.07, 6.45) is 0.497. The molecule has 0 spiro atoms. The predicted octanol–water partition coefficient (Wildman–Crippen LogP) is 2.96. The third-order valence-corrected chi connectivity index (χ3v) is 4.65. The molecule has 4 heteroatoms. The molecule has 0 saturated heterocycles. The van der Waals surface area contributed by atoms with E-state index in [-0.39, 0.29) is 17.8 Å². The summed E-state index contributed by atoms with van der Waals surface area (Å²) in [5, 5.41) is 7.32. The summed E-state index contributed by atoms with van der Waals surface area (Å²) in [4.78, 5) is 12.1. The summed E-state index contributed by atoms with van der Waals surface area (Å²) in [7, 11) is 0. The molecule has 0 aliphatic heterocycles. The molecule has 0 radical (unpaired) electrons. The smallest absolute Gasteiger partial charge is 0.275 e. The second kappa shape index (κ2) is 8.59. The van der Waals surface area contributed by atoms with Crippen molar-refractivity contribution in [1.82, 2.24) is 5.32 Å². The Hall–Kier alpha value is -2.72. The SMILES string of the molecule is C[C@H]([NH2+]CC(=O)NCCc1ccccc1F)c1cccc2ccccc12. The lowest BCUT2D eigenvalue weighted by Crippen LogP contribution is -2.87. The molecule has 0 aromatic heterocycles. The number of hydrogen-bond donors (Lipinski definition) is 2. The lowest BCUT2D eigenvalue weighted by Gasteiger charge is -2.14. The van der Waals surface area contributed by atoms with Crippen molar-refractivity contribution < 1.29 is 14.5 Å². The minimum Gasteiger partial charge on any atom is -0.351 e. The summed E-state index contributed by atoms with van der Waals surface area (Å²) < 4.78 is 13.6. The first kappa shape index (κ1) is 18.1. The Kier molecular flexibility index (Phi) is 5.97. The van der Waals surface area contributed by atoms with Crippen molar-refractivity contribution in [3.8, 4) is 0 Å². The average molecular weight is 351 g/mol. The van der Waals surface area contributed by atoms with Crippen LogP contribution in [0.2, 0.25) is 0 Å². The molecular formula is C22H24FN2O+. The van der Waals surface area contributed by atoms with E-state index in [1.165, 1.54) is 22.4 Å². The number of carbonyl (C=O) groups excluding carboxylic acids is 1. The maximum atomic E-state index is 13.6. The summed E-state index contributed by atoms with van der Waals surface area (Å²) in [6.45, 7) is 2.90. The Labute approximate surface area is 153 Å². The molecule has 0 bridgehead atoms. The fraction of sp³-hybridized carbons (Fsp3) is 0.227. The van der Waals surface area contributed by atoms with Crippen LogP contribution in [0.15, 0.2) is 66.7 Å². The maximum Gasteiger partial charge on any atom is 0.275 e. The highest BCUT2D eigenvalue weighted by molar-refractivity contribution is 5.85. The first-order valence-electron chi connectivity index (χ1n) is 8.96. The Morgan fingerprint density at radius 1 is 1.04 bits per heavy atom. The Bertz CT molecular complexity index is 889. The normalized spacial score (nSPS) is 12.1. The van der Waals surface area contributed by atoms with Gasteiger partial charge in [-0.2, -0.15) is 0 Å². The highest BCUT2D eigenvalue weighted by atomic mass is 19.1. The highest BCUT2D eigenvalue weighted by Crippen LogP contribution is 2.21. The quantitative estimate of drug-likeness (QED) is 0.675.